The topological polar surface area (TPSA) is 51.0 Å². The summed E-state index contributed by atoms with van der Waals surface area (Å²) in [5, 5.41) is 0.518. The summed E-state index contributed by atoms with van der Waals surface area (Å²) in [6.07, 6.45) is -4.41. The van der Waals surface area contributed by atoms with Crippen LogP contribution in [0.15, 0.2) is 42.6 Å². The third-order valence-electron chi connectivity index (χ3n) is 4.30. The van der Waals surface area contributed by atoms with Crippen LogP contribution in [0.3, 0.4) is 0 Å². The lowest BCUT2D eigenvalue weighted by atomic mass is 10.0. The summed E-state index contributed by atoms with van der Waals surface area (Å²) in [4.78, 5) is 26.5. The summed E-state index contributed by atoms with van der Waals surface area (Å²) >= 11 is 0. The first kappa shape index (κ1) is 19.9. The number of ketones is 1. The molecule has 5 nitrogen and oxygen atoms in total. The van der Waals surface area contributed by atoms with Gasteiger partial charge in [0.25, 0.3) is 0 Å². The predicted octanol–water partition coefficient (Wildman–Crippen LogP) is 3.95. The van der Waals surface area contributed by atoms with E-state index in [0.717, 1.165) is 0 Å². The number of likely N-dealkylation sites (N-methyl/N-ethyl adjacent to an activating group) is 1. The number of fused-ring (bicyclic) bond motifs is 3. The quantitative estimate of drug-likeness (QED) is 0.471. The number of alkyl halides is 3. The van der Waals surface area contributed by atoms with Crippen LogP contribution in [0, 0.1) is 0 Å². The minimum atomic E-state index is -4.57. The number of esters is 1. The molecule has 0 radical (unpaired) electrons. The first-order valence-electron chi connectivity index (χ1n) is 8.62. The van der Waals surface area contributed by atoms with Gasteiger partial charge in [-0.1, -0.05) is 18.2 Å². The molecule has 0 amide bonds. The molecule has 0 unspecified atom stereocenters. The van der Waals surface area contributed by atoms with Gasteiger partial charge in [-0.25, -0.2) is 4.79 Å². The molecule has 2 heterocycles. The molecule has 0 aliphatic carbocycles. The number of ether oxygens (including phenoxy) is 1. The lowest BCUT2D eigenvalue weighted by Crippen LogP contribution is -2.20. The van der Waals surface area contributed by atoms with Gasteiger partial charge in [0, 0.05) is 23.7 Å². The van der Waals surface area contributed by atoms with Gasteiger partial charge in [-0.2, -0.15) is 13.2 Å². The second kappa shape index (κ2) is 7.63. The summed E-state index contributed by atoms with van der Waals surface area (Å²) in [6, 6.07) is 9.39. The standard InChI is InChI=1S/C20H19F3N2O3/c1-24(2)9-10-28-19(27)18-14-7-6-13(17(26)12-20(21,22)23)11-16(14)25-8-4-3-5-15(18)25/h3-8,11H,9-10,12H2,1-2H3. The number of rotatable bonds is 6. The number of Topliss-reactive ketones (excluding diaryl/α,β-unsaturated/α-hetero) is 1. The van der Waals surface area contributed by atoms with Crippen molar-refractivity contribution in [3.8, 4) is 0 Å². The maximum absolute atomic E-state index is 12.7. The van der Waals surface area contributed by atoms with Crippen LogP contribution in [0.2, 0.25) is 0 Å². The van der Waals surface area contributed by atoms with Crippen molar-refractivity contribution in [2.24, 2.45) is 0 Å². The van der Waals surface area contributed by atoms with E-state index in [9.17, 15) is 22.8 Å². The second-order valence-electron chi connectivity index (χ2n) is 6.72. The monoisotopic (exact) mass is 392 g/mol. The normalized spacial score (nSPS) is 12.1. The van der Waals surface area contributed by atoms with E-state index in [-0.39, 0.29) is 12.2 Å². The Labute approximate surface area is 159 Å². The zero-order chi connectivity index (χ0) is 20.5. The highest BCUT2D eigenvalue weighted by Crippen LogP contribution is 2.30. The van der Waals surface area contributed by atoms with E-state index in [1.54, 1.807) is 28.8 Å². The molecule has 0 saturated heterocycles. The third kappa shape index (κ3) is 4.17. The minimum absolute atomic E-state index is 0.0550. The molecule has 0 atom stereocenters. The van der Waals surface area contributed by atoms with Gasteiger partial charge in [0.1, 0.15) is 13.0 Å². The molecular formula is C20H19F3N2O3. The number of halogens is 3. The van der Waals surface area contributed by atoms with Crippen LogP contribution in [-0.4, -0.2) is 54.5 Å². The van der Waals surface area contributed by atoms with Crippen molar-refractivity contribution in [2.45, 2.75) is 12.6 Å². The molecule has 28 heavy (non-hydrogen) atoms. The molecular weight excluding hydrogens is 373 g/mol. The molecule has 0 saturated carbocycles. The fraction of sp³-hybridized carbons (Fsp3) is 0.300. The van der Waals surface area contributed by atoms with Crippen LogP contribution in [-0.2, 0) is 4.74 Å². The molecule has 3 aromatic rings. The molecule has 0 N–H and O–H groups in total. The Hall–Kier alpha value is -2.87. The number of nitrogens with zero attached hydrogens (tertiary/aromatic N) is 2. The van der Waals surface area contributed by atoms with E-state index in [0.29, 0.717) is 28.5 Å². The van der Waals surface area contributed by atoms with Gasteiger partial charge in [0.2, 0.25) is 0 Å². The first-order chi connectivity index (χ1) is 13.2. The van der Waals surface area contributed by atoms with Gasteiger partial charge in [0.15, 0.2) is 5.78 Å². The number of carbonyl (C=O) groups excluding carboxylic acids is 2. The lowest BCUT2D eigenvalue weighted by molar-refractivity contribution is -0.125. The van der Waals surface area contributed by atoms with Gasteiger partial charge in [-0.05, 0) is 32.3 Å². The fourth-order valence-corrected chi connectivity index (χ4v) is 3.00. The van der Waals surface area contributed by atoms with Gasteiger partial charge >= 0.3 is 12.1 Å². The average molecular weight is 392 g/mol. The van der Waals surface area contributed by atoms with Crippen LogP contribution in [0.4, 0.5) is 13.2 Å². The minimum Gasteiger partial charge on any atom is -0.461 e. The highest BCUT2D eigenvalue weighted by atomic mass is 19.4. The Kier molecular flexibility index (Phi) is 5.42. The van der Waals surface area contributed by atoms with Gasteiger partial charge < -0.3 is 14.0 Å². The summed E-state index contributed by atoms with van der Waals surface area (Å²) in [5.41, 5.74) is 1.31. The molecule has 0 spiro atoms. The number of carbonyl (C=O) groups is 2. The van der Waals surface area contributed by atoms with Crippen molar-refractivity contribution in [2.75, 3.05) is 27.2 Å². The van der Waals surface area contributed by atoms with Crippen LogP contribution in [0.1, 0.15) is 27.1 Å². The Morgan fingerprint density at radius 2 is 1.86 bits per heavy atom. The highest BCUT2D eigenvalue weighted by Gasteiger charge is 2.32. The molecule has 2 aromatic heterocycles. The molecule has 0 aliphatic rings. The molecule has 3 rings (SSSR count). The van der Waals surface area contributed by atoms with Crippen molar-refractivity contribution in [1.82, 2.24) is 9.30 Å². The van der Waals surface area contributed by atoms with E-state index < -0.39 is 24.3 Å². The van der Waals surface area contributed by atoms with E-state index in [1.807, 2.05) is 19.0 Å². The molecule has 0 fully saturated rings. The maximum Gasteiger partial charge on any atom is 0.396 e. The lowest BCUT2D eigenvalue weighted by Gasteiger charge is -2.10. The van der Waals surface area contributed by atoms with Crippen molar-refractivity contribution >= 4 is 28.2 Å². The zero-order valence-corrected chi connectivity index (χ0v) is 15.4. The third-order valence-corrected chi connectivity index (χ3v) is 4.30. The Bertz CT molecular complexity index is 1040. The van der Waals surface area contributed by atoms with Crippen LogP contribution >= 0.6 is 0 Å². The molecule has 148 valence electrons. The zero-order valence-electron chi connectivity index (χ0n) is 15.4. The van der Waals surface area contributed by atoms with Crippen LogP contribution in [0.5, 0.6) is 0 Å². The van der Waals surface area contributed by atoms with Gasteiger partial charge in [-0.15, -0.1) is 0 Å². The number of benzene rings is 1. The number of pyridine rings is 1. The average Bonchev–Trinajstić information content (AvgIpc) is 2.93. The molecule has 0 bridgehead atoms. The van der Waals surface area contributed by atoms with Crippen molar-refractivity contribution in [3.05, 3.63) is 53.7 Å². The van der Waals surface area contributed by atoms with Gasteiger partial charge in [0.05, 0.1) is 16.6 Å². The van der Waals surface area contributed by atoms with E-state index in [4.69, 9.17) is 4.74 Å². The summed E-state index contributed by atoms with van der Waals surface area (Å²) in [7, 11) is 3.72. The summed E-state index contributed by atoms with van der Waals surface area (Å²) in [6.45, 7) is 0.769. The highest BCUT2D eigenvalue weighted by molar-refractivity contribution is 6.13. The number of aromatic nitrogens is 1. The number of hydrogen-bond acceptors (Lipinski definition) is 4. The smallest absolute Gasteiger partial charge is 0.396 e. The van der Waals surface area contributed by atoms with Crippen molar-refractivity contribution in [1.29, 1.82) is 0 Å². The largest absolute Gasteiger partial charge is 0.461 e. The Morgan fingerprint density at radius 3 is 2.54 bits per heavy atom. The SMILES string of the molecule is CN(C)CCOC(=O)c1c2ccc(C(=O)CC(F)(F)F)cc2n2ccccc12. The van der Waals surface area contributed by atoms with E-state index >= 15 is 0 Å². The fourth-order valence-electron chi connectivity index (χ4n) is 3.00. The molecule has 1 aromatic carbocycles. The maximum atomic E-state index is 12.7. The van der Waals surface area contributed by atoms with Crippen LogP contribution in [0.25, 0.3) is 16.4 Å². The van der Waals surface area contributed by atoms with Crippen molar-refractivity contribution in [3.63, 3.8) is 0 Å². The Morgan fingerprint density at radius 1 is 1.11 bits per heavy atom. The van der Waals surface area contributed by atoms with Crippen LogP contribution < -0.4 is 0 Å². The first-order valence-corrected chi connectivity index (χ1v) is 8.62. The summed E-state index contributed by atoms with van der Waals surface area (Å²) < 4.78 is 44.7. The number of hydrogen-bond donors (Lipinski definition) is 0. The summed E-state index contributed by atoms with van der Waals surface area (Å²) in [5.74, 6) is -1.54. The van der Waals surface area contributed by atoms with Gasteiger partial charge in [-0.3, -0.25) is 4.79 Å². The van der Waals surface area contributed by atoms with E-state index in [1.165, 1.54) is 18.2 Å². The van der Waals surface area contributed by atoms with Crippen molar-refractivity contribution < 1.29 is 27.5 Å². The Balaban J connectivity index is 2.04. The van der Waals surface area contributed by atoms with E-state index in [2.05, 4.69) is 0 Å². The molecule has 0 aliphatic heterocycles. The molecule has 8 heteroatoms. The second-order valence-corrected chi connectivity index (χ2v) is 6.72. The predicted molar refractivity (Wildman–Crippen MR) is 98.7 cm³/mol.